The molecule has 0 radical (unpaired) electrons. The van der Waals surface area contributed by atoms with Crippen LogP contribution in [0, 0.1) is 0 Å². The number of rotatable bonds is 3. The van der Waals surface area contributed by atoms with Crippen LogP contribution in [-0.2, 0) is 0 Å². The summed E-state index contributed by atoms with van der Waals surface area (Å²) in [5.74, 6) is 6.23. The Bertz CT molecular complexity index is 547. The molecule has 1 aromatic heterocycles. The molecular formula is C12H12N6. The summed E-state index contributed by atoms with van der Waals surface area (Å²) >= 11 is 0. The molecule has 2 rings (SSSR count). The van der Waals surface area contributed by atoms with Crippen LogP contribution in [0.1, 0.15) is 5.56 Å². The monoisotopic (exact) mass is 240 g/mol. The molecule has 0 fully saturated rings. The third-order valence-electron chi connectivity index (χ3n) is 2.27. The fraction of sp³-hybridized carbons (Fsp3) is 0. The molecule has 0 aliphatic rings. The highest BCUT2D eigenvalue weighted by Crippen LogP contribution is 2.13. The number of aromatic nitrogens is 2. The van der Waals surface area contributed by atoms with E-state index in [1.807, 2.05) is 30.3 Å². The lowest BCUT2D eigenvalue weighted by Gasteiger charge is -2.04. The SMILES string of the molecule is C=NN/C(=N/N)c1cnc(-c2ccccc2)nc1. The van der Waals surface area contributed by atoms with E-state index in [4.69, 9.17) is 5.84 Å². The molecule has 0 aliphatic heterocycles. The summed E-state index contributed by atoms with van der Waals surface area (Å²) in [7, 11) is 0. The van der Waals surface area contributed by atoms with Gasteiger partial charge in [0.1, 0.15) is 0 Å². The van der Waals surface area contributed by atoms with Gasteiger partial charge in [0, 0.05) is 24.7 Å². The number of benzene rings is 1. The highest BCUT2D eigenvalue weighted by atomic mass is 15.3. The molecular weight excluding hydrogens is 228 g/mol. The second-order valence-corrected chi connectivity index (χ2v) is 3.41. The largest absolute Gasteiger partial charge is 0.321 e. The van der Waals surface area contributed by atoms with Crippen molar-refractivity contribution in [2.45, 2.75) is 0 Å². The zero-order valence-electron chi connectivity index (χ0n) is 9.61. The third kappa shape index (κ3) is 2.49. The van der Waals surface area contributed by atoms with Crippen LogP contribution in [0.5, 0.6) is 0 Å². The number of amidine groups is 1. The maximum atomic E-state index is 5.22. The minimum Gasteiger partial charge on any atom is -0.321 e. The molecule has 0 aliphatic carbocycles. The van der Waals surface area contributed by atoms with E-state index in [0.29, 0.717) is 17.2 Å². The Balaban J connectivity index is 2.28. The van der Waals surface area contributed by atoms with Gasteiger partial charge in [-0.2, -0.15) is 10.2 Å². The van der Waals surface area contributed by atoms with Gasteiger partial charge in [-0.25, -0.2) is 9.97 Å². The number of nitrogens with zero attached hydrogens (tertiary/aromatic N) is 4. The van der Waals surface area contributed by atoms with Gasteiger partial charge in [-0.15, -0.1) is 0 Å². The summed E-state index contributed by atoms with van der Waals surface area (Å²) in [5.41, 5.74) is 4.16. The summed E-state index contributed by atoms with van der Waals surface area (Å²) < 4.78 is 0. The number of hydrazone groups is 2. The topological polar surface area (TPSA) is 88.5 Å². The van der Waals surface area contributed by atoms with Crippen molar-refractivity contribution < 1.29 is 0 Å². The minimum atomic E-state index is 0.365. The van der Waals surface area contributed by atoms with Gasteiger partial charge in [-0.05, 0) is 0 Å². The van der Waals surface area contributed by atoms with Crippen LogP contribution in [0.4, 0.5) is 0 Å². The Morgan fingerprint density at radius 2 is 1.83 bits per heavy atom. The average Bonchev–Trinajstić information content (AvgIpc) is 2.46. The normalized spacial score (nSPS) is 11.0. The lowest BCUT2D eigenvalue weighted by atomic mass is 10.2. The molecule has 0 bridgehead atoms. The van der Waals surface area contributed by atoms with E-state index in [2.05, 4.69) is 32.3 Å². The summed E-state index contributed by atoms with van der Waals surface area (Å²) in [6.45, 7) is 3.30. The highest BCUT2D eigenvalue weighted by molar-refractivity contribution is 5.98. The molecule has 0 unspecified atom stereocenters. The van der Waals surface area contributed by atoms with E-state index in [-0.39, 0.29) is 0 Å². The molecule has 0 amide bonds. The van der Waals surface area contributed by atoms with E-state index in [0.717, 1.165) is 5.56 Å². The first kappa shape index (κ1) is 11.7. The molecule has 18 heavy (non-hydrogen) atoms. The van der Waals surface area contributed by atoms with Crippen molar-refractivity contribution in [3.8, 4) is 11.4 Å². The molecule has 1 aromatic carbocycles. The van der Waals surface area contributed by atoms with Gasteiger partial charge in [-0.1, -0.05) is 30.3 Å². The van der Waals surface area contributed by atoms with Gasteiger partial charge in [0.25, 0.3) is 0 Å². The van der Waals surface area contributed by atoms with Crippen LogP contribution in [0.2, 0.25) is 0 Å². The number of hydrogen-bond donors (Lipinski definition) is 2. The zero-order chi connectivity index (χ0) is 12.8. The number of hydrogen-bond acceptors (Lipinski definition) is 5. The maximum absolute atomic E-state index is 5.22. The third-order valence-corrected chi connectivity index (χ3v) is 2.27. The summed E-state index contributed by atoms with van der Waals surface area (Å²) in [5, 5.41) is 7.04. The van der Waals surface area contributed by atoms with Crippen LogP contribution in [0.3, 0.4) is 0 Å². The van der Waals surface area contributed by atoms with Crippen molar-refractivity contribution in [1.82, 2.24) is 15.4 Å². The van der Waals surface area contributed by atoms with Crippen LogP contribution in [0.25, 0.3) is 11.4 Å². The molecule has 1 heterocycles. The Kier molecular flexibility index (Phi) is 3.60. The first-order chi connectivity index (χ1) is 8.85. The van der Waals surface area contributed by atoms with Gasteiger partial charge in [0.15, 0.2) is 11.7 Å². The van der Waals surface area contributed by atoms with Gasteiger partial charge < -0.3 is 5.84 Å². The lowest BCUT2D eigenvalue weighted by Crippen LogP contribution is -2.20. The van der Waals surface area contributed by atoms with Gasteiger partial charge in [0.05, 0.1) is 5.56 Å². The van der Waals surface area contributed by atoms with E-state index in [1.54, 1.807) is 12.4 Å². The van der Waals surface area contributed by atoms with Crippen molar-refractivity contribution in [2.75, 3.05) is 0 Å². The van der Waals surface area contributed by atoms with E-state index in [1.165, 1.54) is 0 Å². The Morgan fingerprint density at radius 1 is 1.17 bits per heavy atom. The Labute approximate surface area is 104 Å². The Morgan fingerprint density at radius 3 is 2.39 bits per heavy atom. The van der Waals surface area contributed by atoms with Crippen molar-refractivity contribution in [3.05, 3.63) is 48.3 Å². The van der Waals surface area contributed by atoms with Gasteiger partial charge >= 0.3 is 0 Å². The van der Waals surface area contributed by atoms with Crippen LogP contribution in [0.15, 0.2) is 52.9 Å². The van der Waals surface area contributed by atoms with Gasteiger partial charge in [0.2, 0.25) is 0 Å². The first-order valence-corrected chi connectivity index (χ1v) is 5.22. The smallest absolute Gasteiger partial charge is 0.176 e. The maximum Gasteiger partial charge on any atom is 0.176 e. The van der Waals surface area contributed by atoms with Crippen molar-refractivity contribution in [2.24, 2.45) is 16.0 Å². The number of nitrogens with one attached hydrogen (secondary N) is 1. The second-order valence-electron chi connectivity index (χ2n) is 3.41. The summed E-state index contributed by atoms with van der Waals surface area (Å²) in [6.07, 6.45) is 3.25. The molecule has 0 atom stereocenters. The fourth-order valence-corrected chi connectivity index (χ4v) is 1.43. The first-order valence-electron chi connectivity index (χ1n) is 5.22. The van der Waals surface area contributed by atoms with Crippen LogP contribution >= 0.6 is 0 Å². The van der Waals surface area contributed by atoms with Crippen LogP contribution in [-0.4, -0.2) is 22.5 Å². The summed E-state index contributed by atoms with van der Waals surface area (Å²) in [6, 6.07) is 9.69. The molecule has 3 N–H and O–H groups in total. The molecule has 0 spiro atoms. The molecule has 90 valence electrons. The van der Waals surface area contributed by atoms with Crippen LogP contribution < -0.4 is 11.3 Å². The van der Waals surface area contributed by atoms with Gasteiger partial charge in [-0.3, -0.25) is 5.43 Å². The minimum absolute atomic E-state index is 0.365. The molecule has 6 heteroatoms. The average molecular weight is 240 g/mol. The van der Waals surface area contributed by atoms with E-state index in [9.17, 15) is 0 Å². The highest BCUT2D eigenvalue weighted by Gasteiger charge is 2.05. The van der Waals surface area contributed by atoms with E-state index >= 15 is 0 Å². The van der Waals surface area contributed by atoms with Crippen molar-refractivity contribution in [3.63, 3.8) is 0 Å². The molecule has 6 nitrogen and oxygen atoms in total. The second kappa shape index (κ2) is 5.53. The van der Waals surface area contributed by atoms with Crippen molar-refractivity contribution in [1.29, 1.82) is 0 Å². The molecule has 2 aromatic rings. The van der Waals surface area contributed by atoms with E-state index < -0.39 is 0 Å². The molecule has 0 saturated heterocycles. The Hall–Kier alpha value is -2.76. The zero-order valence-corrected chi connectivity index (χ0v) is 9.61. The predicted molar refractivity (Wildman–Crippen MR) is 70.9 cm³/mol. The van der Waals surface area contributed by atoms with Crippen molar-refractivity contribution >= 4 is 12.6 Å². The lowest BCUT2D eigenvalue weighted by molar-refractivity contribution is 1.01. The summed E-state index contributed by atoms with van der Waals surface area (Å²) in [4.78, 5) is 8.50. The predicted octanol–water partition coefficient (Wildman–Crippen LogP) is 0.969. The molecule has 0 saturated carbocycles. The fourth-order valence-electron chi connectivity index (χ4n) is 1.43. The quantitative estimate of drug-likeness (QED) is 0.362. The standard InChI is InChI=1S/C12H12N6/c1-14-18-12(17-13)10-7-15-11(16-8-10)9-5-3-2-4-6-9/h2-8H,1,13H2,(H,17,18). The number of nitrogens with two attached hydrogens (primary N) is 1.